The number of unbranched alkanes of at least 4 members (excludes halogenated alkanes) is 4. The Morgan fingerprint density at radius 2 is 1.93 bits per heavy atom. The highest BCUT2D eigenvalue weighted by Crippen LogP contribution is 2.26. The Morgan fingerprint density at radius 1 is 1.20 bits per heavy atom. The van der Waals surface area contributed by atoms with Gasteiger partial charge in [0.15, 0.2) is 0 Å². The average molecular weight is 216 g/mol. The van der Waals surface area contributed by atoms with Gasteiger partial charge < -0.3 is 14.6 Å². The standard InChI is InChI=1S/C12H24O3/c1-3-4-5-6-7-8-15-11-9-10(13)12(11)14-2/h10-13H,3-9H2,1-2H3. The fourth-order valence-corrected chi connectivity index (χ4v) is 1.97. The number of aliphatic hydroxyl groups is 1. The molecule has 3 heteroatoms. The first kappa shape index (κ1) is 12.9. The summed E-state index contributed by atoms with van der Waals surface area (Å²) in [6.07, 6.45) is 6.72. The van der Waals surface area contributed by atoms with Gasteiger partial charge in [-0.15, -0.1) is 0 Å². The van der Waals surface area contributed by atoms with Crippen molar-refractivity contribution in [3.8, 4) is 0 Å². The monoisotopic (exact) mass is 216 g/mol. The summed E-state index contributed by atoms with van der Waals surface area (Å²) in [5, 5.41) is 9.35. The van der Waals surface area contributed by atoms with Gasteiger partial charge in [-0.05, 0) is 6.42 Å². The molecular formula is C12H24O3. The third kappa shape index (κ3) is 4.09. The number of hydrogen-bond acceptors (Lipinski definition) is 3. The smallest absolute Gasteiger partial charge is 0.109 e. The molecule has 1 N–H and O–H groups in total. The van der Waals surface area contributed by atoms with Crippen molar-refractivity contribution in [2.75, 3.05) is 13.7 Å². The van der Waals surface area contributed by atoms with E-state index in [4.69, 9.17) is 9.47 Å². The van der Waals surface area contributed by atoms with Crippen LogP contribution in [0, 0.1) is 0 Å². The first-order valence-electron chi connectivity index (χ1n) is 6.12. The summed E-state index contributed by atoms with van der Waals surface area (Å²) in [7, 11) is 1.63. The molecule has 90 valence electrons. The van der Waals surface area contributed by atoms with Crippen LogP contribution in [0.3, 0.4) is 0 Å². The van der Waals surface area contributed by atoms with Gasteiger partial charge >= 0.3 is 0 Å². The van der Waals surface area contributed by atoms with Gasteiger partial charge in [0, 0.05) is 20.1 Å². The van der Waals surface area contributed by atoms with E-state index in [0.717, 1.165) is 19.4 Å². The molecule has 1 aliphatic rings. The Balaban J connectivity index is 1.92. The minimum Gasteiger partial charge on any atom is -0.390 e. The minimum atomic E-state index is -0.319. The molecule has 0 aliphatic heterocycles. The van der Waals surface area contributed by atoms with Crippen LogP contribution in [0.4, 0.5) is 0 Å². The van der Waals surface area contributed by atoms with Crippen LogP contribution in [0.25, 0.3) is 0 Å². The highest BCUT2D eigenvalue weighted by molar-refractivity contribution is 4.91. The van der Waals surface area contributed by atoms with E-state index in [0.29, 0.717) is 0 Å². The SMILES string of the molecule is CCCCCCCOC1CC(O)C1OC. The second kappa shape index (κ2) is 7.20. The summed E-state index contributed by atoms with van der Waals surface area (Å²) >= 11 is 0. The molecule has 1 rings (SSSR count). The Hall–Kier alpha value is -0.120. The number of aliphatic hydroxyl groups excluding tert-OH is 1. The lowest BCUT2D eigenvalue weighted by Gasteiger charge is -2.39. The van der Waals surface area contributed by atoms with E-state index in [1.807, 2.05) is 0 Å². The van der Waals surface area contributed by atoms with E-state index in [2.05, 4.69) is 6.92 Å². The number of ether oxygens (including phenoxy) is 2. The summed E-state index contributed by atoms with van der Waals surface area (Å²) in [5.41, 5.74) is 0. The topological polar surface area (TPSA) is 38.7 Å². The highest BCUT2D eigenvalue weighted by Gasteiger charge is 2.40. The molecule has 1 saturated carbocycles. The van der Waals surface area contributed by atoms with Crippen LogP contribution in [0.15, 0.2) is 0 Å². The molecule has 0 bridgehead atoms. The van der Waals surface area contributed by atoms with Crippen molar-refractivity contribution >= 4 is 0 Å². The van der Waals surface area contributed by atoms with Gasteiger partial charge in [-0.2, -0.15) is 0 Å². The third-order valence-corrected chi connectivity index (χ3v) is 3.07. The van der Waals surface area contributed by atoms with Crippen LogP contribution in [-0.2, 0) is 9.47 Å². The summed E-state index contributed by atoms with van der Waals surface area (Å²) < 4.78 is 10.8. The fourth-order valence-electron chi connectivity index (χ4n) is 1.97. The van der Waals surface area contributed by atoms with Gasteiger partial charge in [-0.1, -0.05) is 32.6 Å². The zero-order chi connectivity index (χ0) is 11.1. The summed E-state index contributed by atoms with van der Waals surface area (Å²) in [5.74, 6) is 0. The van der Waals surface area contributed by atoms with Gasteiger partial charge in [0.05, 0.1) is 12.2 Å². The van der Waals surface area contributed by atoms with E-state index in [1.54, 1.807) is 7.11 Å². The molecule has 1 aliphatic carbocycles. The summed E-state index contributed by atoms with van der Waals surface area (Å²) in [6, 6.07) is 0. The van der Waals surface area contributed by atoms with Crippen LogP contribution in [-0.4, -0.2) is 37.1 Å². The van der Waals surface area contributed by atoms with E-state index >= 15 is 0 Å². The average Bonchev–Trinajstić information content (AvgIpc) is 2.22. The second-order valence-corrected chi connectivity index (χ2v) is 4.33. The normalized spacial score (nSPS) is 30.2. The largest absolute Gasteiger partial charge is 0.390 e. The molecule has 0 saturated heterocycles. The number of hydrogen-bond donors (Lipinski definition) is 1. The molecule has 0 aromatic rings. The fraction of sp³-hybridized carbons (Fsp3) is 1.00. The molecule has 0 radical (unpaired) electrons. The van der Waals surface area contributed by atoms with Crippen molar-refractivity contribution in [3.63, 3.8) is 0 Å². The summed E-state index contributed by atoms with van der Waals surface area (Å²) in [6.45, 7) is 3.02. The molecule has 0 heterocycles. The van der Waals surface area contributed by atoms with Crippen LogP contribution >= 0.6 is 0 Å². The van der Waals surface area contributed by atoms with Crippen molar-refractivity contribution in [2.45, 2.75) is 63.8 Å². The Bertz CT molecular complexity index is 161. The molecule has 3 atom stereocenters. The van der Waals surface area contributed by atoms with Crippen molar-refractivity contribution in [2.24, 2.45) is 0 Å². The van der Waals surface area contributed by atoms with Crippen LogP contribution in [0.2, 0.25) is 0 Å². The molecule has 15 heavy (non-hydrogen) atoms. The van der Waals surface area contributed by atoms with Crippen molar-refractivity contribution in [3.05, 3.63) is 0 Å². The predicted molar refractivity (Wildman–Crippen MR) is 59.9 cm³/mol. The van der Waals surface area contributed by atoms with Crippen LogP contribution in [0.1, 0.15) is 45.4 Å². The Morgan fingerprint density at radius 3 is 2.53 bits per heavy atom. The zero-order valence-corrected chi connectivity index (χ0v) is 9.95. The lowest BCUT2D eigenvalue weighted by molar-refractivity contribution is -0.181. The summed E-state index contributed by atoms with van der Waals surface area (Å²) in [4.78, 5) is 0. The molecule has 1 fully saturated rings. The lowest BCUT2D eigenvalue weighted by atomic mass is 9.88. The van der Waals surface area contributed by atoms with Gasteiger partial charge in [0.2, 0.25) is 0 Å². The molecule has 3 nitrogen and oxygen atoms in total. The maximum atomic E-state index is 9.35. The quantitative estimate of drug-likeness (QED) is 0.632. The van der Waals surface area contributed by atoms with E-state index in [-0.39, 0.29) is 18.3 Å². The number of methoxy groups -OCH3 is 1. The minimum absolute atomic E-state index is 0.0966. The maximum absolute atomic E-state index is 9.35. The van der Waals surface area contributed by atoms with Gasteiger partial charge in [-0.3, -0.25) is 0 Å². The Labute approximate surface area is 92.8 Å². The maximum Gasteiger partial charge on any atom is 0.109 e. The van der Waals surface area contributed by atoms with Crippen molar-refractivity contribution < 1.29 is 14.6 Å². The van der Waals surface area contributed by atoms with E-state index < -0.39 is 0 Å². The molecule has 0 spiro atoms. The van der Waals surface area contributed by atoms with Crippen LogP contribution in [0.5, 0.6) is 0 Å². The van der Waals surface area contributed by atoms with Crippen molar-refractivity contribution in [1.29, 1.82) is 0 Å². The van der Waals surface area contributed by atoms with E-state index in [1.165, 1.54) is 25.7 Å². The first-order chi connectivity index (χ1) is 7.29. The third-order valence-electron chi connectivity index (χ3n) is 3.07. The molecule has 0 aromatic carbocycles. The lowest BCUT2D eigenvalue weighted by Crippen LogP contribution is -2.53. The zero-order valence-electron chi connectivity index (χ0n) is 9.95. The Kier molecular flexibility index (Phi) is 6.22. The van der Waals surface area contributed by atoms with Crippen LogP contribution < -0.4 is 0 Å². The molecular weight excluding hydrogens is 192 g/mol. The second-order valence-electron chi connectivity index (χ2n) is 4.33. The van der Waals surface area contributed by atoms with Gasteiger partial charge in [0.1, 0.15) is 6.10 Å². The molecule has 0 amide bonds. The number of rotatable bonds is 8. The van der Waals surface area contributed by atoms with Crippen molar-refractivity contribution in [1.82, 2.24) is 0 Å². The first-order valence-corrected chi connectivity index (χ1v) is 6.12. The van der Waals surface area contributed by atoms with Gasteiger partial charge in [-0.25, -0.2) is 0 Å². The van der Waals surface area contributed by atoms with E-state index in [9.17, 15) is 5.11 Å². The predicted octanol–water partition coefficient (Wildman–Crippen LogP) is 2.12. The molecule has 3 unspecified atom stereocenters. The highest BCUT2D eigenvalue weighted by atomic mass is 16.5. The van der Waals surface area contributed by atoms with Gasteiger partial charge in [0.25, 0.3) is 0 Å². The molecule has 0 aromatic heterocycles.